The quantitative estimate of drug-likeness (QED) is 0.466. The Bertz CT molecular complexity index is 409. The molecule has 16 heteroatoms. The van der Waals surface area contributed by atoms with Crippen LogP contribution in [0.25, 0.3) is 0 Å². The van der Waals surface area contributed by atoms with E-state index >= 15 is 0 Å². The van der Waals surface area contributed by atoms with E-state index in [0.29, 0.717) is 0 Å². The average Bonchev–Trinajstić information content (AvgIpc) is 3.14. The summed E-state index contributed by atoms with van der Waals surface area (Å²) >= 11 is -5.80. The van der Waals surface area contributed by atoms with Crippen LogP contribution >= 0.6 is 0 Å². The second-order valence-corrected chi connectivity index (χ2v) is 6.25. The fraction of sp³-hybridized carbons (Fsp3) is 1.00. The summed E-state index contributed by atoms with van der Waals surface area (Å²) in [6.07, 6.45) is -3.11. The van der Waals surface area contributed by atoms with Crippen LogP contribution < -0.4 is 0 Å². The highest BCUT2D eigenvalue weighted by Crippen LogP contribution is 2.19. The Morgan fingerprint density at radius 3 is 1.23 bits per heavy atom. The van der Waals surface area contributed by atoms with Crippen LogP contribution in [0.5, 0.6) is 0 Å². The first-order valence-electron chi connectivity index (χ1n) is 5.71. The minimum atomic E-state index is -1.93. The molecule has 0 N–H and O–H groups in total. The average molecular weight is 380 g/mol. The summed E-state index contributed by atoms with van der Waals surface area (Å²) in [5, 5.41) is 0. The van der Waals surface area contributed by atoms with Crippen molar-refractivity contribution in [3.63, 3.8) is 0 Å². The molecular formula is C6H9BO12S3. The molecule has 0 aromatic heterocycles. The molecule has 0 saturated carbocycles. The maximum absolute atomic E-state index is 10.9. The molecule has 6 atom stereocenters. The molecule has 3 aliphatic rings. The van der Waals surface area contributed by atoms with Gasteiger partial charge in [-0.15, -0.1) is 0 Å². The zero-order valence-corrected chi connectivity index (χ0v) is 13.0. The summed E-state index contributed by atoms with van der Waals surface area (Å²) in [6, 6.07) is 0. The normalized spacial score (nSPS) is 42.0. The van der Waals surface area contributed by atoms with E-state index in [1.54, 1.807) is 0 Å². The van der Waals surface area contributed by atoms with Crippen LogP contribution in [-0.2, 0) is 73.1 Å². The predicted octanol–water partition coefficient (Wildman–Crippen LogP) is -2.12. The molecule has 0 amide bonds. The van der Waals surface area contributed by atoms with Crippen molar-refractivity contribution in [1.29, 1.82) is 0 Å². The van der Waals surface area contributed by atoms with Crippen LogP contribution in [-0.4, -0.2) is 58.6 Å². The van der Waals surface area contributed by atoms with Crippen LogP contribution in [0.15, 0.2) is 0 Å². The largest absolute Gasteiger partial charge is 0.645 e. The lowest BCUT2D eigenvalue weighted by atomic mass is 10.2. The van der Waals surface area contributed by atoms with Crippen molar-refractivity contribution in [2.45, 2.75) is 18.9 Å². The Labute approximate surface area is 132 Å². The van der Waals surface area contributed by atoms with Crippen molar-refractivity contribution >= 4 is 41.4 Å². The molecule has 0 spiro atoms. The van der Waals surface area contributed by atoms with E-state index in [2.05, 4.69) is 12.5 Å². The van der Waals surface area contributed by atoms with E-state index in [9.17, 15) is 12.6 Å². The van der Waals surface area contributed by atoms with Crippen molar-refractivity contribution in [1.82, 2.24) is 0 Å². The Balaban J connectivity index is 1.55. The molecule has 22 heavy (non-hydrogen) atoms. The lowest BCUT2D eigenvalue weighted by Gasteiger charge is -2.20. The van der Waals surface area contributed by atoms with E-state index in [1.807, 2.05) is 0 Å². The number of hydrogen-bond donors (Lipinski definition) is 0. The highest BCUT2D eigenvalue weighted by atomic mass is 32.2. The molecule has 3 saturated heterocycles. The molecule has 3 fully saturated rings. The van der Waals surface area contributed by atoms with Gasteiger partial charge in [0.2, 0.25) is 0 Å². The van der Waals surface area contributed by atoms with Gasteiger partial charge in [0.25, 0.3) is 0 Å². The zero-order valence-electron chi connectivity index (χ0n) is 10.6. The van der Waals surface area contributed by atoms with Gasteiger partial charge < -0.3 is 14.0 Å². The molecule has 126 valence electrons. The third-order valence-electron chi connectivity index (χ3n) is 2.25. The minimum Gasteiger partial charge on any atom is -0.356 e. The first-order chi connectivity index (χ1) is 10.6. The summed E-state index contributed by atoms with van der Waals surface area (Å²) in [5.41, 5.74) is 0. The van der Waals surface area contributed by atoms with E-state index in [0.717, 1.165) is 0 Å². The van der Waals surface area contributed by atoms with Crippen LogP contribution in [0, 0.1) is 0 Å². The Morgan fingerprint density at radius 2 is 1.00 bits per heavy atom. The van der Waals surface area contributed by atoms with E-state index < -0.39 is 60.3 Å². The van der Waals surface area contributed by atoms with E-state index in [4.69, 9.17) is 26.5 Å². The van der Waals surface area contributed by atoms with Gasteiger partial charge in [-0.05, 0) is 0 Å². The second-order valence-electron chi connectivity index (χ2n) is 3.74. The van der Waals surface area contributed by atoms with Crippen LogP contribution in [0.3, 0.4) is 0 Å². The SMILES string of the molecule is O=S1OCC(OB(OC2COS(=O)O2)OC2COS(=O)O2)O1. The Hall–Kier alpha value is 0.155. The fourth-order valence-electron chi connectivity index (χ4n) is 1.42. The first-order valence-corrected chi connectivity index (χ1v) is 8.71. The summed E-state index contributed by atoms with van der Waals surface area (Å²) < 4.78 is 76.7. The van der Waals surface area contributed by atoms with Gasteiger partial charge in [-0.25, -0.2) is 12.5 Å². The monoisotopic (exact) mass is 380 g/mol. The second kappa shape index (κ2) is 7.82. The fourth-order valence-corrected chi connectivity index (χ4v) is 3.08. The van der Waals surface area contributed by atoms with Gasteiger partial charge in [0.15, 0.2) is 18.9 Å². The van der Waals surface area contributed by atoms with Crippen LogP contribution in [0.1, 0.15) is 0 Å². The van der Waals surface area contributed by atoms with E-state index in [1.165, 1.54) is 0 Å². The van der Waals surface area contributed by atoms with Gasteiger partial charge in [-0.1, -0.05) is 0 Å². The molecule has 3 heterocycles. The van der Waals surface area contributed by atoms with Crippen LogP contribution in [0.2, 0.25) is 0 Å². The zero-order chi connectivity index (χ0) is 15.5. The standard InChI is InChI=1S/C6H9BO12S3/c8-20-11-1-4(17-20)14-7(15-5-2-12-21(9)18-5)16-6-3-13-22(10)19-6/h4-6H,1-3H2. The van der Waals surface area contributed by atoms with Crippen molar-refractivity contribution in [3.05, 3.63) is 0 Å². The highest BCUT2D eigenvalue weighted by molar-refractivity contribution is 7.75. The van der Waals surface area contributed by atoms with Gasteiger partial charge in [0.1, 0.15) is 19.8 Å². The molecule has 0 aromatic rings. The molecule has 0 bridgehead atoms. The van der Waals surface area contributed by atoms with E-state index in [-0.39, 0.29) is 19.8 Å². The lowest BCUT2D eigenvalue weighted by Crippen LogP contribution is -2.40. The summed E-state index contributed by atoms with van der Waals surface area (Å²) in [6.45, 7) is -0.382. The highest BCUT2D eigenvalue weighted by Gasteiger charge is 2.40. The smallest absolute Gasteiger partial charge is 0.356 e. The molecule has 0 aromatic carbocycles. The van der Waals surface area contributed by atoms with Crippen LogP contribution in [0.4, 0.5) is 0 Å². The molecule has 3 aliphatic heterocycles. The lowest BCUT2D eigenvalue weighted by molar-refractivity contribution is -0.106. The third kappa shape index (κ3) is 4.82. The topological polar surface area (TPSA) is 134 Å². The summed E-state index contributed by atoms with van der Waals surface area (Å²) in [5.74, 6) is 0. The molecule has 6 unspecified atom stereocenters. The summed E-state index contributed by atoms with van der Waals surface area (Å²) in [4.78, 5) is 0. The first kappa shape index (κ1) is 17.0. The Kier molecular flexibility index (Phi) is 6.04. The van der Waals surface area contributed by atoms with Crippen molar-refractivity contribution < 1.29 is 51.7 Å². The van der Waals surface area contributed by atoms with Gasteiger partial charge >= 0.3 is 41.4 Å². The van der Waals surface area contributed by atoms with Crippen molar-refractivity contribution in [2.75, 3.05) is 19.8 Å². The maximum Gasteiger partial charge on any atom is 0.645 e. The summed E-state index contributed by atoms with van der Waals surface area (Å²) in [7, 11) is -1.45. The van der Waals surface area contributed by atoms with Gasteiger partial charge in [0.05, 0.1) is 0 Å². The minimum absolute atomic E-state index is 0.127. The molecular weight excluding hydrogens is 371 g/mol. The van der Waals surface area contributed by atoms with Crippen molar-refractivity contribution in [3.8, 4) is 0 Å². The van der Waals surface area contributed by atoms with Gasteiger partial charge in [-0.2, -0.15) is 12.6 Å². The Morgan fingerprint density at radius 1 is 0.682 bits per heavy atom. The maximum atomic E-state index is 10.9. The number of rotatable bonds is 6. The third-order valence-corrected chi connectivity index (χ3v) is 4.35. The predicted molar refractivity (Wildman–Crippen MR) is 65.9 cm³/mol. The van der Waals surface area contributed by atoms with Gasteiger partial charge in [0, 0.05) is 0 Å². The molecule has 12 nitrogen and oxygen atoms in total. The molecule has 0 aliphatic carbocycles. The number of hydrogen-bond acceptors (Lipinski definition) is 12. The van der Waals surface area contributed by atoms with Crippen molar-refractivity contribution in [2.24, 2.45) is 0 Å². The molecule has 3 rings (SSSR count). The van der Waals surface area contributed by atoms with Gasteiger partial charge in [-0.3, -0.25) is 12.5 Å². The molecule has 0 radical (unpaired) electrons.